The van der Waals surface area contributed by atoms with Gasteiger partial charge in [-0.3, -0.25) is 0 Å². The zero-order valence-electron chi connectivity index (χ0n) is 10.7. The molecule has 1 aliphatic heterocycles. The number of methoxy groups -OCH3 is 1. The number of esters is 1. The van der Waals surface area contributed by atoms with E-state index in [-0.39, 0.29) is 0 Å². The van der Waals surface area contributed by atoms with Gasteiger partial charge in [0.05, 0.1) is 7.11 Å². The molecule has 5 heteroatoms. The van der Waals surface area contributed by atoms with Crippen molar-refractivity contribution in [3.63, 3.8) is 0 Å². The quantitative estimate of drug-likeness (QED) is 0.643. The highest BCUT2D eigenvalue weighted by atomic mass is 32.1. The van der Waals surface area contributed by atoms with Crippen molar-refractivity contribution in [2.45, 2.75) is 0 Å². The molecule has 2 heterocycles. The van der Waals surface area contributed by atoms with Crippen molar-refractivity contribution in [3.05, 3.63) is 58.6 Å². The second-order valence-electron chi connectivity index (χ2n) is 4.06. The van der Waals surface area contributed by atoms with Gasteiger partial charge >= 0.3 is 5.97 Å². The van der Waals surface area contributed by atoms with Gasteiger partial charge in [-0.15, -0.1) is 0 Å². The Kier molecular flexibility index (Phi) is 3.35. The number of ether oxygens (including phenoxy) is 2. The maximum Gasteiger partial charge on any atom is 0.363 e. The highest BCUT2D eigenvalue weighted by molar-refractivity contribution is 7.14. The van der Waals surface area contributed by atoms with E-state index < -0.39 is 5.97 Å². The number of hydrogen-bond acceptors (Lipinski definition) is 5. The molecule has 2 aromatic rings. The van der Waals surface area contributed by atoms with Gasteiger partial charge in [0, 0.05) is 10.4 Å². The number of aliphatic imine (C=N–C) groups is 1. The summed E-state index contributed by atoms with van der Waals surface area (Å²) in [5.41, 5.74) is 1.08. The molecule has 0 atom stereocenters. The van der Waals surface area contributed by atoms with Crippen LogP contribution in [0.5, 0.6) is 5.06 Å². The number of benzene rings is 1. The molecule has 0 N–H and O–H groups in total. The molecule has 0 saturated heterocycles. The molecule has 0 radical (unpaired) electrons. The largest absolute Gasteiger partial charge is 0.487 e. The fourth-order valence-electron chi connectivity index (χ4n) is 1.77. The molecule has 0 unspecified atom stereocenters. The molecular weight excluding hydrogens is 274 g/mol. The number of carbonyl (C=O) groups is 1. The molecule has 1 aromatic heterocycles. The fraction of sp³-hybridized carbons (Fsp3) is 0.0667. The Morgan fingerprint density at radius 1 is 1.20 bits per heavy atom. The lowest BCUT2D eigenvalue weighted by molar-refractivity contribution is -0.129. The summed E-state index contributed by atoms with van der Waals surface area (Å²) in [5.74, 6) is -0.0957. The van der Waals surface area contributed by atoms with E-state index in [1.54, 1.807) is 13.2 Å². The van der Waals surface area contributed by atoms with Crippen LogP contribution in [0.2, 0.25) is 0 Å². The van der Waals surface area contributed by atoms with E-state index in [1.807, 2.05) is 42.5 Å². The van der Waals surface area contributed by atoms with Crippen molar-refractivity contribution >= 4 is 29.3 Å². The SMILES string of the molecule is COc1ccc(/C=C2/N=C(c3ccccc3)OC2=O)s1. The Hall–Kier alpha value is -2.40. The number of carbonyl (C=O) groups excluding carboxylic acids is 1. The third-order valence-electron chi connectivity index (χ3n) is 2.72. The summed E-state index contributed by atoms with van der Waals surface area (Å²) in [7, 11) is 1.61. The lowest BCUT2D eigenvalue weighted by atomic mass is 10.2. The van der Waals surface area contributed by atoms with Gasteiger partial charge in [0.1, 0.15) is 0 Å². The van der Waals surface area contributed by atoms with Gasteiger partial charge in [-0.25, -0.2) is 9.79 Å². The molecule has 4 nitrogen and oxygen atoms in total. The van der Waals surface area contributed by atoms with Gasteiger partial charge in [0.25, 0.3) is 0 Å². The van der Waals surface area contributed by atoms with Crippen LogP contribution in [0.15, 0.2) is 53.2 Å². The molecule has 1 aromatic carbocycles. The second kappa shape index (κ2) is 5.30. The van der Waals surface area contributed by atoms with E-state index in [4.69, 9.17) is 9.47 Å². The second-order valence-corrected chi connectivity index (χ2v) is 5.14. The number of hydrogen-bond donors (Lipinski definition) is 0. The molecule has 0 saturated carbocycles. The first kappa shape index (κ1) is 12.6. The Morgan fingerprint density at radius 2 is 2.00 bits per heavy atom. The molecule has 0 amide bonds. The van der Waals surface area contributed by atoms with Gasteiger partial charge in [0.15, 0.2) is 10.8 Å². The molecule has 100 valence electrons. The van der Waals surface area contributed by atoms with Crippen LogP contribution in [0.4, 0.5) is 0 Å². The van der Waals surface area contributed by atoms with Crippen LogP contribution >= 0.6 is 11.3 Å². The number of cyclic esters (lactones) is 1. The first-order valence-electron chi connectivity index (χ1n) is 5.98. The summed E-state index contributed by atoms with van der Waals surface area (Å²) in [6.45, 7) is 0. The minimum atomic E-state index is -0.434. The van der Waals surface area contributed by atoms with Crippen molar-refractivity contribution < 1.29 is 14.3 Å². The highest BCUT2D eigenvalue weighted by Crippen LogP contribution is 2.27. The minimum absolute atomic E-state index is 0.299. The Balaban J connectivity index is 1.90. The zero-order valence-corrected chi connectivity index (χ0v) is 11.5. The maximum atomic E-state index is 11.8. The van der Waals surface area contributed by atoms with Gasteiger partial charge in [-0.1, -0.05) is 29.5 Å². The van der Waals surface area contributed by atoms with Crippen molar-refractivity contribution in [2.75, 3.05) is 7.11 Å². The Bertz CT molecular complexity index is 701. The van der Waals surface area contributed by atoms with Gasteiger partial charge in [0.2, 0.25) is 5.90 Å². The third-order valence-corrected chi connectivity index (χ3v) is 3.72. The molecule has 0 bridgehead atoms. The van der Waals surface area contributed by atoms with E-state index in [0.29, 0.717) is 11.6 Å². The van der Waals surface area contributed by atoms with Crippen LogP contribution < -0.4 is 4.74 Å². The number of nitrogens with zero attached hydrogens (tertiary/aromatic N) is 1. The van der Waals surface area contributed by atoms with E-state index in [9.17, 15) is 4.79 Å². The molecular formula is C15H11NO3S. The summed E-state index contributed by atoms with van der Waals surface area (Å²) in [6, 6.07) is 13.1. The minimum Gasteiger partial charge on any atom is -0.487 e. The first-order valence-corrected chi connectivity index (χ1v) is 6.80. The van der Waals surface area contributed by atoms with E-state index >= 15 is 0 Å². The average molecular weight is 285 g/mol. The predicted molar refractivity (Wildman–Crippen MR) is 77.9 cm³/mol. The highest BCUT2D eigenvalue weighted by Gasteiger charge is 2.24. The van der Waals surface area contributed by atoms with Gasteiger partial charge < -0.3 is 9.47 Å². The lowest BCUT2D eigenvalue weighted by Gasteiger charge is -1.97. The van der Waals surface area contributed by atoms with Gasteiger partial charge in [-0.2, -0.15) is 0 Å². The Labute approximate surface area is 120 Å². The smallest absolute Gasteiger partial charge is 0.363 e. The monoisotopic (exact) mass is 285 g/mol. The van der Waals surface area contributed by atoms with Crippen molar-refractivity contribution in [3.8, 4) is 5.06 Å². The topological polar surface area (TPSA) is 47.9 Å². The first-order chi connectivity index (χ1) is 9.76. The van der Waals surface area contributed by atoms with Crippen molar-refractivity contribution in [2.24, 2.45) is 4.99 Å². The molecule has 20 heavy (non-hydrogen) atoms. The zero-order chi connectivity index (χ0) is 13.9. The number of rotatable bonds is 3. The van der Waals surface area contributed by atoms with Crippen LogP contribution in [-0.4, -0.2) is 19.0 Å². The number of thiophene rings is 1. The summed E-state index contributed by atoms with van der Waals surface area (Å²) in [6.07, 6.45) is 1.70. The van der Waals surface area contributed by atoms with Crippen LogP contribution in [0.3, 0.4) is 0 Å². The fourth-order valence-corrected chi connectivity index (χ4v) is 2.53. The lowest BCUT2D eigenvalue weighted by Crippen LogP contribution is -2.04. The van der Waals surface area contributed by atoms with Crippen LogP contribution in [-0.2, 0) is 9.53 Å². The predicted octanol–water partition coefficient (Wildman–Crippen LogP) is 3.10. The molecule has 3 rings (SSSR count). The maximum absolute atomic E-state index is 11.8. The van der Waals surface area contributed by atoms with Crippen LogP contribution in [0.1, 0.15) is 10.4 Å². The standard InChI is InChI=1S/C15H11NO3S/c1-18-13-8-7-11(20-13)9-12-15(17)19-14(16-12)10-5-3-2-4-6-10/h2-9H,1H3/b12-9+. The van der Waals surface area contributed by atoms with Crippen LogP contribution in [0.25, 0.3) is 6.08 Å². The van der Waals surface area contributed by atoms with E-state index in [1.165, 1.54) is 11.3 Å². The van der Waals surface area contributed by atoms with Gasteiger partial charge in [-0.05, 0) is 30.3 Å². The van der Waals surface area contributed by atoms with Crippen LogP contribution in [0, 0.1) is 0 Å². The normalized spacial score (nSPS) is 16.1. The molecule has 0 spiro atoms. The van der Waals surface area contributed by atoms with Crippen molar-refractivity contribution in [1.29, 1.82) is 0 Å². The molecule has 1 aliphatic rings. The summed E-state index contributed by atoms with van der Waals surface area (Å²) in [5, 5.41) is 0.787. The Morgan fingerprint density at radius 3 is 2.70 bits per heavy atom. The molecule has 0 aliphatic carbocycles. The van der Waals surface area contributed by atoms with E-state index in [2.05, 4.69) is 4.99 Å². The summed E-state index contributed by atoms with van der Waals surface area (Å²) >= 11 is 1.44. The summed E-state index contributed by atoms with van der Waals surface area (Å²) in [4.78, 5) is 16.9. The van der Waals surface area contributed by atoms with Crippen molar-refractivity contribution in [1.82, 2.24) is 0 Å². The third kappa shape index (κ3) is 2.48. The van der Waals surface area contributed by atoms with E-state index in [0.717, 1.165) is 15.5 Å². The summed E-state index contributed by atoms with van der Waals surface area (Å²) < 4.78 is 10.3. The average Bonchev–Trinajstić information content (AvgIpc) is 3.08. The molecule has 0 fully saturated rings.